The summed E-state index contributed by atoms with van der Waals surface area (Å²) in [6, 6.07) is 7.95. The first-order valence-corrected chi connectivity index (χ1v) is 7.41. The molecule has 19 heavy (non-hydrogen) atoms. The van der Waals surface area contributed by atoms with Crippen molar-refractivity contribution in [2.24, 2.45) is 5.92 Å². The predicted molar refractivity (Wildman–Crippen MR) is 79.1 cm³/mol. The van der Waals surface area contributed by atoms with Crippen molar-refractivity contribution in [2.75, 3.05) is 18.0 Å². The average molecular weight is 264 g/mol. The number of hydrogen-bond donors (Lipinski definition) is 1. The van der Waals surface area contributed by atoms with Crippen LogP contribution in [0.5, 0.6) is 0 Å². The fourth-order valence-electron chi connectivity index (χ4n) is 2.82. The summed E-state index contributed by atoms with van der Waals surface area (Å²) in [6.07, 6.45) is 2.25. The number of nitrogens with zero attached hydrogens (tertiary/aromatic N) is 1. The van der Waals surface area contributed by atoms with Crippen LogP contribution in [0.4, 0.5) is 10.1 Å². The molecule has 1 fully saturated rings. The number of rotatable bonds is 4. The first kappa shape index (κ1) is 14.3. The van der Waals surface area contributed by atoms with Crippen molar-refractivity contribution in [3.8, 4) is 0 Å². The van der Waals surface area contributed by atoms with Crippen LogP contribution in [0, 0.1) is 11.7 Å². The summed E-state index contributed by atoms with van der Waals surface area (Å²) in [4.78, 5) is 2.37. The molecule has 0 aliphatic carbocycles. The molecule has 1 heterocycles. The average Bonchev–Trinajstić information content (AvgIpc) is 2.45. The van der Waals surface area contributed by atoms with Crippen molar-refractivity contribution in [3.63, 3.8) is 0 Å². The minimum atomic E-state index is -0.147. The highest BCUT2D eigenvalue weighted by Crippen LogP contribution is 2.24. The Bertz CT molecular complexity index is 407. The minimum Gasteiger partial charge on any atom is -0.366 e. The molecule has 1 aliphatic rings. The second-order valence-electron chi connectivity index (χ2n) is 5.59. The lowest BCUT2D eigenvalue weighted by Crippen LogP contribution is -2.58. The molecule has 0 aromatic heterocycles. The number of piperazine rings is 1. The quantitative estimate of drug-likeness (QED) is 0.896. The van der Waals surface area contributed by atoms with Crippen molar-refractivity contribution in [1.82, 2.24) is 5.32 Å². The van der Waals surface area contributed by atoms with Crippen molar-refractivity contribution in [1.29, 1.82) is 0 Å². The van der Waals surface area contributed by atoms with Crippen LogP contribution in [-0.2, 0) is 0 Å². The van der Waals surface area contributed by atoms with Gasteiger partial charge in [-0.2, -0.15) is 0 Å². The Morgan fingerprint density at radius 2 is 2.21 bits per heavy atom. The van der Waals surface area contributed by atoms with Crippen LogP contribution < -0.4 is 10.2 Å². The summed E-state index contributed by atoms with van der Waals surface area (Å²) in [5.41, 5.74) is 1.02. The monoisotopic (exact) mass is 264 g/mol. The Balaban J connectivity index is 2.18. The minimum absolute atomic E-state index is 0.147. The standard InChI is InChI=1S/C16H25FN2/c1-4-12(3)16-11-19(14(5-2)10-18-16)15-8-6-7-13(17)9-15/h6-9,12,14,16,18H,4-5,10-11H2,1-3H3. The van der Waals surface area contributed by atoms with Gasteiger partial charge < -0.3 is 10.2 Å². The number of hydrogen-bond acceptors (Lipinski definition) is 2. The third-order valence-corrected chi connectivity index (χ3v) is 4.39. The Labute approximate surface area is 116 Å². The molecule has 1 N–H and O–H groups in total. The van der Waals surface area contributed by atoms with Gasteiger partial charge in [0.05, 0.1) is 0 Å². The van der Waals surface area contributed by atoms with Gasteiger partial charge in [0.25, 0.3) is 0 Å². The maximum Gasteiger partial charge on any atom is 0.125 e. The molecule has 1 aliphatic heterocycles. The van der Waals surface area contributed by atoms with E-state index in [1.54, 1.807) is 12.1 Å². The topological polar surface area (TPSA) is 15.3 Å². The Morgan fingerprint density at radius 3 is 2.84 bits per heavy atom. The molecule has 1 aromatic carbocycles. The van der Waals surface area contributed by atoms with Gasteiger partial charge in [-0.25, -0.2) is 4.39 Å². The van der Waals surface area contributed by atoms with E-state index < -0.39 is 0 Å². The van der Waals surface area contributed by atoms with E-state index in [2.05, 4.69) is 31.0 Å². The van der Waals surface area contributed by atoms with E-state index in [9.17, 15) is 4.39 Å². The molecule has 2 rings (SSSR count). The van der Waals surface area contributed by atoms with Gasteiger partial charge in [-0.05, 0) is 30.5 Å². The van der Waals surface area contributed by atoms with E-state index in [1.807, 2.05) is 6.07 Å². The van der Waals surface area contributed by atoms with Crippen LogP contribution in [0.3, 0.4) is 0 Å². The van der Waals surface area contributed by atoms with Gasteiger partial charge in [-0.15, -0.1) is 0 Å². The van der Waals surface area contributed by atoms with E-state index in [4.69, 9.17) is 0 Å². The second-order valence-corrected chi connectivity index (χ2v) is 5.59. The third-order valence-electron chi connectivity index (χ3n) is 4.39. The van der Waals surface area contributed by atoms with Gasteiger partial charge in [0.2, 0.25) is 0 Å². The summed E-state index contributed by atoms with van der Waals surface area (Å²) < 4.78 is 13.4. The van der Waals surface area contributed by atoms with Gasteiger partial charge in [-0.1, -0.05) is 33.3 Å². The summed E-state index contributed by atoms with van der Waals surface area (Å²) in [5.74, 6) is 0.500. The number of benzene rings is 1. The molecule has 1 aromatic rings. The van der Waals surface area contributed by atoms with E-state index in [1.165, 1.54) is 12.5 Å². The number of anilines is 1. The number of halogens is 1. The molecular weight excluding hydrogens is 239 g/mol. The Hall–Kier alpha value is -1.09. The maximum absolute atomic E-state index is 13.4. The van der Waals surface area contributed by atoms with Crippen LogP contribution in [0.15, 0.2) is 24.3 Å². The second kappa shape index (κ2) is 6.38. The smallest absolute Gasteiger partial charge is 0.125 e. The van der Waals surface area contributed by atoms with E-state index in [0.29, 0.717) is 18.0 Å². The lowest BCUT2D eigenvalue weighted by molar-refractivity contribution is 0.306. The van der Waals surface area contributed by atoms with Gasteiger partial charge in [0.1, 0.15) is 5.82 Å². The molecule has 106 valence electrons. The molecule has 2 nitrogen and oxygen atoms in total. The largest absolute Gasteiger partial charge is 0.366 e. The zero-order chi connectivity index (χ0) is 13.8. The maximum atomic E-state index is 13.4. The normalized spacial score (nSPS) is 25.4. The van der Waals surface area contributed by atoms with E-state index in [-0.39, 0.29) is 5.82 Å². The van der Waals surface area contributed by atoms with Crippen LogP contribution >= 0.6 is 0 Å². The molecule has 0 saturated carbocycles. The van der Waals surface area contributed by atoms with Gasteiger partial charge in [0, 0.05) is 30.9 Å². The molecule has 3 heteroatoms. The predicted octanol–water partition coefficient (Wildman–Crippen LogP) is 3.43. The van der Waals surface area contributed by atoms with Crippen LogP contribution in [0.1, 0.15) is 33.6 Å². The first-order chi connectivity index (χ1) is 9.15. The molecule has 0 bridgehead atoms. The summed E-state index contributed by atoms with van der Waals surface area (Å²) in [7, 11) is 0. The lowest BCUT2D eigenvalue weighted by atomic mass is 9.94. The summed E-state index contributed by atoms with van der Waals surface area (Å²) >= 11 is 0. The molecule has 1 saturated heterocycles. The zero-order valence-electron chi connectivity index (χ0n) is 12.2. The fraction of sp³-hybridized carbons (Fsp3) is 0.625. The fourth-order valence-corrected chi connectivity index (χ4v) is 2.82. The highest BCUT2D eigenvalue weighted by atomic mass is 19.1. The van der Waals surface area contributed by atoms with E-state index in [0.717, 1.165) is 25.2 Å². The van der Waals surface area contributed by atoms with Crippen molar-refractivity contribution >= 4 is 5.69 Å². The Kier molecular flexibility index (Phi) is 4.81. The summed E-state index contributed by atoms with van der Waals surface area (Å²) in [6.45, 7) is 8.67. The molecule has 3 unspecified atom stereocenters. The molecule has 0 radical (unpaired) electrons. The summed E-state index contributed by atoms with van der Waals surface area (Å²) in [5, 5.41) is 3.65. The van der Waals surface area contributed by atoms with Crippen molar-refractivity contribution < 1.29 is 4.39 Å². The molecule has 0 amide bonds. The lowest BCUT2D eigenvalue weighted by Gasteiger charge is -2.43. The highest BCUT2D eigenvalue weighted by Gasteiger charge is 2.29. The highest BCUT2D eigenvalue weighted by molar-refractivity contribution is 5.48. The SMILES string of the molecule is CCC(C)C1CN(c2cccc(F)c2)C(CC)CN1. The van der Waals surface area contributed by atoms with Crippen molar-refractivity contribution in [3.05, 3.63) is 30.1 Å². The Morgan fingerprint density at radius 1 is 1.42 bits per heavy atom. The third kappa shape index (κ3) is 3.27. The van der Waals surface area contributed by atoms with Crippen LogP contribution in [0.2, 0.25) is 0 Å². The molecule has 3 atom stereocenters. The zero-order valence-corrected chi connectivity index (χ0v) is 12.2. The van der Waals surface area contributed by atoms with Gasteiger partial charge >= 0.3 is 0 Å². The van der Waals surface area contributed by atoms with Gasteiger partial charge in [0.15, 0.2) is 0 Å². The molecular formula is C16H25FN2. The molecule has 0 spiro atoms. The van der Waals surface area contributed by atoms with E-state index >= 15 is 0 Å². The van der Waals surface area contributed by atoms with Crippen LogP contribution in [-0.4, -0.2) is 25.2 Å². The van der Waals surface area contributed by atoms with Crippen LogP contribution in [0.25, 0.3) is 0 Å². The van der Waals surface area contributed by atoms with Crippen molar-refractivity contribution in [2.45, 2.75) is 45.7 Å². The van der Waals surface area contributed by atoms with Gasteiger partial charge in [-0.3, -0.25) is 0 Å². The number of nitrogens with one attached hydrogen (secondary N) is 1. The first-order valence-electron chi connectivity index (χ1n) is 7.41.